The summed E-state index contributed by atoms with van der Waals surface area (Å²) in [6.07, 6.45) is 0.195. The van der Waals surface area contributed by atoms with E-state index in [0.717, 1.165) is 5.69 Å². The summed E-state index contributed by atoms with van der Waals surface area (Å²) in [6, 6.07) is 10.7. The lowest BCUT2D eigenvalue weighted by Gasteiger charge is -2.36. The molecule has 0 spiro atoms. The number of benzene rings is 2. The Morgan fingerprint density at radius 2 is 1.79 bits per heavy atom. The second-order valence-electron chi connectivity index (χ2n) is 5.77. The maximum absolute atomic E-state index is 13.2. The largest absolute Gasteiger partial charge is 0.368 e. The average molecular weight is 351 g/mol. The highest BCUT2D eigenvalue weighted by Crippen LogP contribution is 2.23. The molecule has 1 heterocycles. The summed E-state index contributed by atoms with van der Waals surface area (Å²) in [6.45, 7) is 2.44. The topological polar surface area (TPSA) is 23.6 Å². The Labute approximate surface area is 144 Å². The van der Waals surface area contributed by atoms with Crippen LogP contribution in [0.4, 0.5) is 14.5 Å². The van der Waals surface area contributed by atoms with Crippen molar-refractivity contribution in [2.24, 2.45) is 0 Å². The van der Waals surface area contributed by atoms with Gasteiger partial charge in [0, 0.05) is 31.9 Å². The van der Waals surface area contributed by atoms with Crippen molar-refractivity contribution in [2.45, 2.75) is 6.42 Å². The molecule has 3 rings (SSSR count). The van der Waals surface area contributed by atoms with E-state index >= 15 is 0 Å². The molecule has 0 aromatic heterocycles. The first kappa shape index (κ1) is 16.7. The van der Waals surface area contributed by atoms with Gasteiger partial charge < -0.3 is 9.80 Å². The Morgan fingerprint density at radius 3 is 2.46 bits per heavy atom. The number of rotatable bonds is 3. The molecule has 1 saturated heterocycles. The summed E-state index contributed by atoms with van der Waals surface area (Å²) < 4.78 is 26.4. The van der Waals surface area contributed by atoms with E-state index in [1.165, 1.54) is 18.2 Å². The third kappa shape index (κ3) is 3.85. The molecule has 2 aromatic carbocycles. The standard InChI is InChI=1S/C18H17ClF2N2O/c19-16-12-15(4-5-17(16)21)22-6-8-23(9-7-22)18(24)11-13-2-1-3-14(20)10-13/h1-5,10,12H,6-9,11H2. The van der Waals surface area contributed by atoms with Crippen molar-refractivity contribution < 1.29 is 13.6 Å². The lowest BCUT2D eigenvalue weighted by Crippen LogP contribution is -2.49. The van der Waals surface area contributed by atoms with Crippen molar-refractivity contribution in [1.29, 1.82) is 0 Å². The van der Waals surface area contributed by atoms with Crippen LogP contribution < -0.4 is 4.90 Å². The van der Waals surface area contributed by atoms with Gasteiger partial charge in [0.2, 0.25) is 5.91 Å². The fraction of sp³-hybridized carbons (Fsp3) is 0.278. The summed E-state index contributed by atoms with van der Waals surface area (Å²) in [5.74, 6) is -0.792. The molecule has 0 bridgehead atoms. The van der Waals surface area contributed by atoms with Crippen molar-refractivity contribution in [3.63, 3.8) is 0 Å². The average Bonchev–Trinajstić information content (AvgIpc) is 2.57. The first-order valence-corrected chi connectivity index (χ1v) is 8.13. The summed E-state index contributed by atoms with van der Waals surface area (Å²) in [5, 5.41) is 0.0945. The highest BCUT2D eigenvalue weighted by molar-refractivity contribution is 6.31. The Hall–Kier alpha value is -2.14. The van der Waals surface area contributed by atoms with E-state index in [1.54, 1.807) is 29.2 Å². The second-order valence-corrected chi connectivity index (χ2v) is 6.18. The van der Waals surface area contributed by atoms with Gasteiger partial charge in [-0.2, -0.15) is 0 Å². The predicted molar refractivity (Wildman–Crippen MR) is 90.3 cm³/mol. The van der Waals surface area contributed by atoms with Crippen LogP contribution in [0.15, 0.2) is 42.5 Å². The molecule has 1 amide bonds. The van der Waals surface area contributed by atoms with Crippen molar-refractivity contribution >= 4 is 23.2 Å². The number of carbonyl (C=O) groups is 1. The third-order valence-electron chi connectivity index (χ3n) is 4.15. The Kier molecular flexibility index (Phi) is 5.00. The molecule has 0 radical (unpaired) electrons. The van der Waals surface area contributed by atoms with E-state index in [0.29, 0.717) is 31.7 Å². The van der Waals surface area contributed by atoms with Gasteiger partial charge in [0.15, 0.2) is 0 Å². The van der Waals surface area contributed by atoms with Crippen molar-refractivity contribution in [3.05, 3.63) is 64.7 Å². The lowest BCUT2D eigenvalue weighted by atomic mass is 10.1. The maximum atomic E-state index is 13.2. The third-order valence-corrected chi connectivity index (χ3v) is 4.43. The molecule has 0 unspecified atom stereocenters. The van der Waals surface area contributed by atoms with E-state index in [1.807, 2.05) is 0 Å². The molecule has 126 valence electrons. The van der Waals surface area contributed by atoms with E-state index in [9.17, 15) is 13.6 Å². The monoisotopic (exact) mass is 350 g/mol. The number of hydrogen-bond acceptors (Lipinski definition) is 2. The van der Waals surface area contributed by atoms with Gasteiger partial charge in [-0.15, -0.1) is 0 Å². The van der Waals surface area contributed by atoms with Gasteiger partial charge in [-0.05, 0) is 35.9 Å². The number of carbonyl (C=O) groups excluding carboxylic acids is 1. The van der Waals surface area contributed by atoms with Crippen molar-refractivity contribution in [1.82, 2.24) is 4.90 Å². The van der Waals surface area contributed by atoms with Crippen molar-refractivity contribution in [3.8, 4) is 0 Å². The molecule has 24 heavy (non-hydrogen) atoms. The zero-order valence-corrected chi connectivity index (χ0v) is 13.8. The lowest BCUT2D eigenvalue weighted by molar-refractivity contribution is -0.130. The normalized spacial score (nSPS) is 14.8. The zero-order chi connectivity index (χ0) is 17.1. The molecular weight excluding hydrogens is 334 g/mol. The molecular formula is C18H17ClF2N2O. The van der Waals surface area contributed by atoms with E-state index in [4.69, 9.17) is 11.6 Å². The summed E-state index contributed by atoms with van der Waals surface area (Å²) in [4.78, 5) is 16.2. The van der Waals surface area contributed by atoms with Crippen LogP contribution in [0.25, 0.3) is 0 Å². The Morgan fingerprint density at radius 1 is 1.04 bits per heavy atom. The summed E-state index contributed by atoms with van der Waals surface area (Å²) in [5.41, 5.74) is 1.52. The van der Waals surface area contributed by atoms with Gasteiger partial charge in [-0.1, -0.05) is 23.7 Å². The fourth-order valence-electron chi connectivity index (χ4n) is 2.83. The highest BCUT2D eigenvalue weighted by Gasteiger charge is 2.21. The number of amides is 1. The Balaban J connectivity index is 1.58. The van der Waals surface area contributed by atoms with Gasteiger partial charge in [0.25, 0.3) is 0 Å². The fourth-order valence-corrected chi connectivity index (χ4v) is 3.00. The summed E-state index contributed by atoms with van der Waals surface area (Å²) in [7, 11) is 0. The van der Waals surface area contributed by atoms with E-state index in [-0.39, 0.29) is 23.2 Å². The van der Waals surface area contributed by atoms with Crippen LogP contribution in [0.1, 0.15) is 5.56 Å². The number of hydrogen-bond donors (Lipinski definition) is 0. The molecule has 0 atom stereocenters. The van der Waals surface area contributed by atoms with Gasteiger partial charge in [0.1, 0.15) is 11.6 Å². The zero-order valence-electron chi connectivity index (χ0n) is 13.0. The van der Waals surface area contributed by atoms with Crippen LogP contribution in [-0.2, 0) is 11.2 Å². The number of halogens is 3. The molecule has 3 nitrogen and oxygen atoms in total. The van der Waals surface area contributed by atoms with Gasteiger partial charge in [-0.3, -0.25) is 4.79 Å². The molecule has 1 fully saturated rings. The highest BCUT2D eigenvalue weighted by atomic mass is 35.5. The van der Waals surface area contributed by atoms with Crippen LogP contribution in [-0.4, -0.2) is 37.0 Å². The molecule has 2 aromatic rings. The molecule has 0 N–H and O–H groups in total. The minimum atomic E-state index is -0.440. The smallest absolute Gasteiger partial charge is 0.227 e. The van der Waals surface area contributed by atoms with Crippen LogP contribution in [0.2, 0.25) is 5.02 Å². The SMILES string of the molecule is O=C(Cc1cccc(F)c1)N1CCN(c2ccc(F)c(Cl)c2)CC1. The van der Waals surface area contributed by atoms with Gasteiger partial charge in [0.05, 0.1) is 11.4 Å². The molecule has 0 saturated carbocycles. The number of anilines is 1. The minimum Gasteiger partial charge on any atom is -0.368 e. The number of nitrogens with zero attached hydrogens (tertiary/aromatic N) is 2. The predicted octanol–water partition coefficient (Wildman–Crippen LogP) is 3.51. The van der Waals surface area contributed by atoms with Crippen LogP contribution in [0.3, 0.4) is 0 Å². The first-order valence-electron chi connectivity index (χ1n) is 7.75. The Bertz CT molecular complexity index is 746. The molecule has 1 aliphatic heterocycles. The quantitative estimate of drug-likeness (QED) is 0.845. The summed E-state index contributed by atoms with van der Waals surface area (Å²) >= 11 is 5.82. The second kappa shape index (κ2) is 7.18. The molecule has 0 aliphatic carbocycles. The van der Waals surface area contributed by atoms with Crippen LogP contribution in [0, 0.1) is 11.6 Å². The van der Waals surface area contributed by atoms with E-state index < -0.39 is 5.82 Å². The van der Waals surface area contributed by atoms with Gasteiger partial charge in [-0.25, -0.2) is 8.78 Å². The maximum Gasteiger partial charge on any atom is 0.227 e. The van der Waals surface area contributed by atoms with Crippen LogP contribution >= 0.6 is 11.6 Å². The van der Waals surface area contributed by atoms with Gasteiger partial charge >= 0.3 is 0 Å². The van der Waals surface area contributed by atoms with Crippen LogP contribution in [0.5, 0.6) is 0 Å². The van der Waals surface area contributed by atoms with E-state index in [2.05, 4.69) is 4.90 Å². The number of piperazine rings is 1. The minimum absolute atomic E-state index is 0.0163. The molecule has 1 aliphatic rings. The first-order chi connectivity index (χ1) is 11.5. The van der Waals surface area contributed by atoms with Crippen molar-refractivity contribution in [2.75, 3.05) is 31.1 Å². The molecule has 6 heteroatoms.